The van der Waals surface area contributed by atoms with Crippen LogP contribution in [0.4, 0.5) is 0 Å². The van der Waals surface area contributed by atoms with E-state index in [-0.39, 0.29) is 0 Å². The zero-order chi connectivity index (χ0) is 14.3. The lowest BCUT2D eigenvalue weighted by Gasteiger charge is -2.05. The smallest absolute Gasteiger partial charge is 0.0208 e. The first kappa shape index (κ1) is 14.7. The molecule has 1 fully saturated rings. The van der Waals surface area contributed by atoms with Crippen LogP contribution in [0.5, 0.6) is 0 Å². The fraction of sp³-hybridized carbons (Fsp3) is 0.368. The Kier molecular flexibility index (Phi) is 5.36. The fourth-order valence-electron chi connectivity index (χ4n) is 2.36. The van der Waals surface area contributed by atoms with Gasteiger partial charge in [0.25, 0.3) is 0 Å². The normalized spacial score (nSPS) is 14.3. The van der Waals surface area contributed by atoms with Gasteiger partial charge in [0.05, 0.1) is 0 Å². The summed E-state index contributed by atoms with van der Waals surface area (Å²) in [6, 6.07) is 20.6. The maximum Gasteiger partial charge on any atom is 0.0208 e. The third kappa shape index (κ3) is 5.22. The minimum Gasteiger partial charge on any atom is -0.310 e. The van der Waals surface area contributed by atoms with Crippen molar-refractivity contribution in [3.05, 3.63) is 65.7 Å². The molecule has 1 aliphatic rings. The highest BCUT2D eigenvalue weighted by Crippen LogP contribution is 2.22. The molecular formula is C19H23NS. The van der Waals surface area contributed by atoms with Crippen molar-refractivity contribution in [1.29, 1.82) is 0 Å². The van der Waals surface area contributed by atoms with Crippen molar-refractivity contribution in [3.8, 4) is 0 Å². The van der Waals surface area contributed by atoms with Gasteiger partial charge in [0.15, 0.2) is 0 Å². The summed E-state index contributed by atoms with van der Waals surface area (Å²) in [5.74, 6) is 1.19. The molecule has 0 atom stereocenters. The van der Waals surface area contributed by atoms with Crippen molar-refractivity contribution in [2.24, 2.45) is 0 Å². The number of hydrogen-bond donors (Lipinski definition) is 1. The van der Waals surface area contributed by atoms with Crippen LogP contribution in [0, 0.1) is 0 Å². The molecule has 0 unspecified atom stereocenters. The molecule has 3 rings (SSSR count). The van der Waals surface area contributed by atoms with Crippen LogP contribution in [0.2, 0.25) is 0 Å². The highest BCUT2D eigenvalue weighted by Gasteiger charge is 2.19. The minimum absolute atomic E-state index is 0.789. The zero-order valence-electron chi connectivity index (χ0n) is 12.4. The molecule has 1 N–H and O–H groups in total. The van der Waals surface area contributed by atoms with Crippen molar-refractivity contribution < 1.29 is 0 Å². The van der Waals surface area contributed by atoms with E-state index in [0.29, 0.717) is 0 Å². The van der Waals surface area contributed by atoms with E-state index in [0.717, 1.165) is 12.6 Å². The van der Waals surface area contributed by atoms with E-state index in [1.807, 2.05) is 11.8 Å². The maximum absolute atomic E-state index is 3.56. The number of nitrogens with one attached hydrogen (secondary N) is 1. The second-order valence-corrected chi connectivity index (χ2v) is 6.91. The van der Waals surface area contributed by atoms with Gasteiger partial charge in [0, 0.05) is 17.5 Å². The van der Waals surface area contributed by atoms with E-state index >= 15 is 0 Å². The van der Waals surface area contributed by atoms with Crippen molar-refractivity contribution in [2.45, 2.75) is 43.2 Å². The molecule has 0 saturated heterocycles. The van der Waals surface area contributed by atoms with Gasteiger partial charge in [-0.1, -0.05) is 42.5 Å². The first-order valence-corrected chi connectivity index (χ1v) is 8.88. The summed E-state index contributed by atoms with van der Waals surface area (Å²) in [4.78, 5) is 1.39. The van der Waals surface area contributed by atoms with Crippen LogP contribution in [0.1, 0.15) is 30.4 Å². The Morgan fingerprint density at radius 1 is 0.905 bits per heavy atom. The molecule has 0 radical (unpaired) electrons. The molecule has 110 valence electrons. The molecule has 1 nitrogen and oxygen atoms in total. The number of benzene rings is 2. The van der Waals surface area contributed by atoms with Gasteiger partial charge in [-0.2, -0.15) is 0 Å². The molecule has 0 bridgehead atoms. The fourth-order valence-corrected chi connectivity index (χ4v) is 3.22. The van der Waals surface area contributed by atoms with Gasteiger partial charge >= 0.3 is 0 Å². The molecule has 2 aromatic rings. The van der Waals surface area contributed by atoms with Crippen molar-refractivity contribution in [3.63, 3.8) is 0 Å². The summed E-state index contributed by atoms with van der Waals surface area (Å²) in [5.41, 5.74) is 2.84. The quantitative estimate of drug-likeness (QED) is 0.561. The van der Waals surface area contributed by atoms with Gasteiger partial charge in [-0.15, -0.1) is 11.8 Å². The Labute approximate surface area is 132 Å². The summed E-state index contributed by atoms with van der Waals surface area (Å²) in [6.45, 7) is 1.02. The number of rotatable bonds is 8. The van der Waals surface area contributed by atoms with Crippen molar-refractivity contribution in [2.75, 3.05) is 5.75 Å². The van der Waals surface area contributed by atoms with E-state index < -0.39 is 0 Å². The average molecular weight is 297 g/mol. The van der Waals surface area contributed by atoms with E-state index in [2.05, 4.69) is 59.9 Å². The van der Waals surface area contributed by atoms with Crippen LogP contribution in [0.25, 0.3) is 0 Å². The van der Waals surface area contributed by atoms with Gasteiger partial charge in [0.1, 0.15) is 0 Å². The third-order valence-electron chi connectivity index (χ3n) is 3.82. The van der Waals surface area contributed by atoms with Gasteiger partial charge in [-0.05, 0) is 54.7 Å². The highest BCUT2D eigenvalue weighted by molar-refractivity contribution is 7.99. The summed E-state index contributed by atoms with van der Waals surface area (Å²) in [6.07, 6.45) is 5.13. The SMILES string of the molecule is c1ccc(CCCSc2ccc(CNC3CC3)cc2)cc1. The van der Waals surface area contributed by atoms with Crippen LogP contribution < -0.4 is 5.32 Å². The first-order valence-electron chi connectivity index (χ1n) is 7.89. The second kappa shape index (κ2) is 7.67. The molecular weight excluding hydrogens is 274 g/mol. The Morgan fingerprint density at radius 3 is 2.38 bits per heavy atom. The monoisotopic (exact) mass is 297 g/mol. The summed E-state index contributed by atoms with van der Waals surface area (Å²) < 4.78 is 0. The van der Waals surface area contributed by atoms with Gasteiger partial charge in [-0.25, -0.2) is 0 Å². The lowest BCUT2D eigenvalue weighted by atomic mass is 10.1. The molecule has 2 heteroatoms. The molecule has 0 spiro atoms. The van der Waals surface area contributed by atoms with Gasteiger partial charge < -0.3 is 5.32 Å². The van der Waals surface area contributed by atoms with Crippen molar-refractivity contribution >= 4 is 11.8 Å². The predicted molar refractivity (Wildman–Crippen MR) is 91.8 cm³/mol. The lowest BCUT2D eigenvalue weighted by Crippen LogP contribution is -2.14. The highest BCUT2D eigenvalue weighted by atomic mass is 32.2. The standard InChI is InChI=1S/C19H23NS/c1-2-5-16(6-3-1)7-4-14-21-19-12-8-17(9-13-19)15-20-18-10-11-18/h1-3,5-6,8-9,12-13,18,20H,4,7,10-11,14-15H2. The van der Waals surface area contributed by atoms with Crippen LogP contribution in [0.3, 0.4) is 0 Å². The Bertz CT molecular complexity index is 531. The molecule has 21 heavy (non-hydrogen) atoms. The topological polar surface area (TPSA) is 12.0 Å². The van der Waals surface area contributed by atoms with Crippen molar-refractivity contribution in [1.82, 2.24) is 5.32 Å². The lowest BCUT2D eigenvalue weighted by molar-refractivity contribution is 0.687. The van der Waals surface area contributed by atoms with E-state index in [1.165, 1.54) is 47.5 Å². The van der Waals surface area contributed by atoms with E-state index in [1.54, 1.807) is 0 Å². The van der Waals surface area contributed by atoms with E-state index in [4.69, 9.17) is 0 Å². The zero-order valence-corrected chi connectivity index (χ0v) is 13.2. The molecule has 0 aliphatic heterocycles. The van der Waals surface area contributed by atoms with Gasteiger partial charge in [0.2, 0.25) is 0 Å². The molecule has 0 aromatic heterocycles. The molecule has 1 saturated carbocycles. The minimum atomic E-state index is 0.789. The van der Waals surface area contributed by atoms with Crippen LogP contribution >= 0.6 is 11.8 Å². The van der Waals surface area contributed by atoms with Crippen LogP contribution in [-0.2, 0) is 13.0 Å². The predicted octanol–water partition coefficient (Wildman–Crippen LogP) is 4.66. The molecule has 1 aliphatic carbocycles. The Morgan fingerprint density at radius 2 is 1.67 bits per heavy atom. The number of thioether (sulfide) groups is 1. The second-order valence-electron chi connectivity index (χ2n) is 5.74. The van der Waals surface area contributed by atoms with Gasteiger partial charge in [-0.3, -0.25) is 0 Å². The Hall–Kier alpha value is -1.25. The van der Waals surface area contributed by atoms with Crippen LogP contribution in [-0.4, -0.2) is 11.8 Å². The molecule has 2 aromatic carbocycles. The molecule has 0 heterocycles. The largest absolute Gasteiger partial charge is 0.310 e. The average Bonchev–Trinajstić information content (AvgIpc) is 3.36. The van der Waals surface area contributed by atoms with E-state index in [9.17, 15) is 0 Å². The number of aryl methyl sites for hydroxylation is 1. The summed E-state index contributed by atoms with van der Waals surface area (Å²) >= 11 is 1.96. The Balaban J connectivity index is 1.36. The summed E-state index contributed by atoms with van der Waals surface area (Å²) in [7, 11) is 0. The first-order chi connectivity index (χ1) is 10.4. The molecule has 0 amide bonds. The number of hydrogen-bond acceptors (Lipinski definition) is 2. The summed E-state index contributed by atoms with van der Waals surface area (Å²) in [5, 5.41) is 3.56. The maximum atomic E-state index is 3.56. The van der Waals surface area contributed by atoms with Crippen LogP contribution in [0.15, 0.2) is 59.5 Å². The third-order valence-corrected chi connectivity index (χ3v) is 4.92.